The molecule has 0 saturated carbocycles. The molecule has 0 aliphatic rings. The van der Waals surface area contributed by atoms with Crippen molar-refractivity contribution in [1.29, 1.82) is 0 Å². The summed E-state index contributed by atoms with van der Waals surface area (Å²) in [6.07, 6.45) is 1.37. The van der Waals surface area contributed by atoms with E-state index in [1.807, 2.05) is 0 Å². The topological polar surface area (TPSA) is 57.5 Å². The van der Waals surface area contributed by atoms with E-state index >= 15 is 0 Å². The zero-order valence-corrected chi connectivity index (χ0v) is 7.53. The summed E-state index contributed by atoms with van der Waals surface area (Å²) < 4.78 is 0. The summed E-state index contributed by atoms with van der Waals surface area (Å²) in [7, 11) is 0. The molecular formula is C9H8O3S. The molecule has 13 heavy (non-hydrogen) atoms. The van der Waals surface area contributed by atoms with Crippen LogP contribution in [0.25, 0.3) is 6.08 Å². The first kappa shape index (κ1) is 9.67. The van der Waals surface area contributed by atoms with Crippen molar-refractivity contribution in [3.8, 4) is 5.75 Å². The molecule has 0 saturated heterocycles. The normalized spacial score (nSPS) is 11.3. The number of phenols is 1. The van der Waals surface area contributed by atoms with E-state index in [9.17, 15) is 4.79 Å². The minimum atomic E-state index is -1.09. The quantitative estimate of drug-likeness (QED) is 0.499. The van der Waals surface area contributed by atoms with Crippen molar-refractivity contribution in [3.63, 3.8) is 0 Å². The molecule has 0 atom stereocenters. The predicted molar refractivity (Wildman–Crippen MR) is 52.7 cm³/mol. The zero-order chi connectivity index (χ0) is 9.84. The second kappa shape index (κ2) is 4.00. The first-order valence-electron chi connectivity index (χ1n) is 3.52. The van der Waals surface area contributed by atoms with Crippen molar-refractivity contribution in [2.45, 2.75) is 0 Å². The van der Waals surface area contributed by atoms with Crippen molar-refractivity contribution in [1.82, 2.24) is 0 Å². The summed E-state index contributed by atoms with van der Waals surface area (Å²) in [5.74, 6) is -0.994. The summed E-state index contributed by atoms with van der Waals surface area (Å²) in [5.41, 5.74) is 0.604. The summed E-state index contributed by atoms with van der Waals surface area (Å²) in [5, 5.41) is 17.6. The molecule has 68 valence electrons. The van der Waals surface area contributed by atoms with Gasteiger partial charge in [0, 0.05) is 0 Å². The van der Waals surface area contributed by atoms with Gasteiger partial charge in [-0.25, -0.2) is 4.79 Å². The lowest BCUT2D eigenvalue weighted by Gasteiger charge is -1.95. The zero-order valence-electron chi connectivity index (χ0n) is 6.64. The number of carboxylic acid groups (broad SMARTS) is 1. The number of aromatic hydroxyl groups is 1. The van der Waals surface area contributed by atoms with Crippen LogP contribution >= 0.6 is 12.6 Å². The van der Waals surface area contributed by atoms with Crippen molar-refractivity contribution >= 4 is 24.7 Å². The van der Waals surface area contributed by atoms with Gasteiger partial charge >= 0.3 is 5.97 Å². The number of rotatable bonds is 2. The first-order chi connectivity index (χ1) is 6.09. The van der Waals surface area contributed by atoms with E-state index in [2.05, 4.69) is 12.6 Å². The molecule has 0 aliphatic heterocycles. The van der Waals surface area contributed by atoms with Crippen molar-refractivity contribution in [2.24, 2.45) is 0 Å². The van der Waals surface area contributed by atoms with Crippen LogP contribution in [0.15, 0.2) is 29.2 Å². The Morgan fingerprint density at radius 3 is 2.69 bits per heavy atom. The number of hydrogen-bond acceptors (Lipinski definition) is 3. The van der Waals surface area contributed by atoms with Gasteiger partial charge in [0.2, 0.25) is 0 Å². The molecule has 2 N–H and O–H groups in total. The van der Waals surface area contributed by atoms with Crippen LogP contribution in [0.4, 0.5) is 0 Å². The van der Waals surface area contributed by atoms with E-state index in [-0.39, 0.29) is 10.7 Å². The van der Waals surface area contributed by atoms with Crippen LogP contribution in [0, 0.1) is 0 Å². The van der Waals surface area contributed by atoms with Gasteiger partial charge in [-0.2, -0.15) is 0 Å². The molecule has 1 aromatic rings. The Balaban J connectivity index is 2.97. The molecule has 0 fully saturated rings. The fourth-order valence-corrected chi connectivity index (χ4v) is 0.983. The molecular weight excluding hydrogens is 188 g/mol. The molecule has 0 radical (unpaired) electrons. The summed E-state index contributed by atoms with van der Waals surface area (Å²) in [6, 6.07) is 6.28. The Morgan fingerprint density at radius 2 is 2.15 bits per heavy atom. The van der Waals surface area contributed by atoms with Gasteiger partial charge in [0.15, 0.2) is 0 Å². The predicted octanol–water partition coefficient (Wildman–Crippen LogP) is 1.75. The maximum Gasteiger partial charge on any atom is 0.341 e. The van der Waals surface area contributed by atoms with E-state index in [4.69, 9.17) is 10.2 Å². The van der Waals surface area contributed by atoms with E-state index in [1.54, 1.807) is 12.1 Å². The van der Waals surface area contributed by atoms with Crippen LogP contribution in [0.5, 0.6) is 5.75 Å². The van der Waals surface area contributed by atoms with Crippen molar-refractivity contribution < 1.29 is 15.0 Å². The maximum absolute atomic E-state index is 10.4. The number of phenolic OH excluding ortho intramolecular Hbond substituents is 1. The van der Waals surface area contributed by atoms with Gasteiger partial charge in [-0.15, -0.1) is 12.6 Å². The van der Waals surface area contributed by atoms with Crippen LogP contribution in [0.3, 0.4) is 0 Å². The highest BCUT2D eigenvalue weighted by molar-refractivity contribution is 7.85. The van der Waals surface area contributed by atoms with E-state index in [0.29, 0.717) is 5.56 Å². The lowest BCUT2D eigenvalue weighted by Crippen LogP contribution is -1.92. The maximum atomic E-state index is 10.4. The monoisotopic (exact) mass is 196 g/mol. The van der Waals surface area contributed by atoms with Gasteiger partial charge < -0.3 is 10.2 Å². The third kappa shape index (κ3) is 2.83. The lowest BCUT2D eigenvalue weighted by atomic mass is 10.2. The Labute approximate surface area is 80.7 Å². The molecule has 0 heterocycles. The second-order valence-corrected chi connectivity index (χ2v) is 2.91. The third-order valence-electron chi connectivity index (χ3n) is 1.39. The number of aliphatic carboxylic acids is 1. The van der Waals surface area contributed by atoms with Gasteiger partial charge in [-0.1, -0.05) is 12.1 Å². The summed E-state index contributed by atoms with van der Waals surface area (Å²) in [4.78, 5) is 10.3. The minimum Gasteiger partial charge on any atom is -0.508 e. The van der Waals surface area contributed by atoms with Crippen molar-refractivity contribution in [2.75, 3.05) is 0 Å². The number of carbonyl (C=O) groups is 1. The van der Waals surface area contributed by atoms with Gasteiger partial charge in [0.25, 0.3) is 0 Å². The Kier molecular flexibility index (Phi) is 2.97. The standard InChI is InChI=1S/C9H8O3S/c10-7-3-1-2-6(4-7)5-8(13)9(11)12/h1-5,10,13H,(H,11,12)/b8-5-. The largest absolute Gasteiger partial charge is 0.508 e. The van der Waals surface area contributed by atoms with E-state index < -0.39 is 5.97 Å². The molecule has 1 aromatic carbocycles. The van der Waals surface area contributed by atoms with E-state index in [1.165, 1.54) is 18.2 Å². The number of thiol groups is 1. The minimum absolute atomic E-state index is 0.0643. The summed E-state index contributed by atoms with van der Waals surface area (Å²) >= 11 is 3.75. The number of hydrogen-bond donors (Lipinski definition) is 3. The van der Waals surface area contributed by atoms with Gasteiger partial charge in [0.1, 0.15) is 5.75 Å². The fourth-order valence-electron chi connectivity index (χ4n) is 0.834. The summed E-state index contributed by atoms with van der Waals surface area (Å²) in [6.45, 7) is 0. The molecule has 0 aliphatic carbocycles. The SMILES string of the molecule is O=C(O)/C(S)=C/c1cccc(O)c1. The molecule has 3 nitrogen and oxygen atoms in total. The molecule has 0 bridgehead atoms. The molecule has 0 amide bonds. The fraction of sp³-hybridized carbons (Fsp3) is 0. The second-order valence-electron chi connectivity index (χ2n) is 2.43. The average Bonchev–Trinajstić information content (AvgIpc) is 2.04. The molecule has 0 unspecified atom stereocenters. The van der Waals surface area contributed by atoms with Crippen LogP contribution < -0.4 is 0 Å². The van der Waals surface area contributed by atoms with Crippen LogP contribution in [-0.4, -0.2) is 16.2 Å². The average molecular weight is 196 g/mol. The van der Waals surface area contributed by atoms with E-state index in [0.717, 1.165) is 0 Å². The first-order valence-corrected chi connectivity index (χ1v) is 3.97. The van der Waals surface area contributed by atoms with Gasteiger partial charge in [-0.05, 0) is 23.8 Å². The van der Waals surface area contributed by atoms with Crippen LogP contribution in [-0.2, 0) is 4.79 Å². The highest BCUT2D eigenvalue weighted by Gasteiger charge is 2.00. The highest BCUT2D eigenvalue weighted by Crippen LogP contribution is 2.15. The van der Waals surface area contributed by atoms with Gasteiger partial charge in [-0.3, -0.25) is 0 Å². The molecule has 1 rings (SSSR count). The Bertz CT molecular complexity index is 358. The molecule has 4 heteroatoms. The highest BCUT2D eigenvalue weighted by atomic mass is 32.1. The number of carboxylic acids is 1. The Hall–Kier alpha value is -1.42. The van der Waals surface area contributed by atoms with Gasteiger partial charge in [0.05, 0.1) is 4.91 Å². The third-order valence-corrected chi connectivity index (χ3v) is 1.71. The number of benzene rings is 1. The van der Waals surface area contributed by atoms with Crippen molar-refractivity contribution in [3.05, 3.63) is 34.7 Å². The smallest absolute Gasteiger partial charge is 0.341 e. The van der Waals surface area contributed by atoms with Crippen LogP contribution in [0.1, 0.15) is 5.56 Å². The Morgan fingerprint density at radius 1 is 1.46 bits per heavy atom. The lowest BCUT2D eigenvalue weighted by molar-refractivity contribution is -0.131. The van der Waals surface area contributed by atoms with Crippen LogP contribution in [0.2, 0.25) is 0 Å². The molecule has 0 aromatic heterocycles. The molecule has 0 spiro atoms.